The van der Waals surface area contributed by atoms with E-state index in [0.29, 0.717) is 0 Å². The van der Waals surface area contributed by atoms with Crippen molar-refractivity contribution >= 4 is 15.7 Å². The summed E-state index contributed by atoms with van der Waals surface area (Å²) in [6, 6.07) is 6.61. The molecule has 0 atom stereocenters. The second kappa shape index (κ2) is 4.99. The van der Waals surface area contributed by atoms with Crippen molar-refractivity contribution in [2.45, 2.75) is 4.90 Å². The first-order valence-electron chi connectivity index (χ1n) is 5.02. The lowest BCUT2D eigenvalue weighted by Gasteiger charge is -2.06. The van der Waals surface area contributed by atoms with Crippen molar-refractivity contribution in [2.24, 2.45) is 0 Å². The van der Waals surface area contributed by atoms with Crippen LogP contribution in [-0.4, -0.2) is 18.4 Å². The molecule has 96 valence electrons. The predicted octanol–water partition coefficient (Wildman–Crippen LogP) is 1.29. The molecule has 2 aromatic heterocycles. The van der Waals surface area contributed by atoms with Crippen molar-refractivity contribution in [3.05, 3.63) is 48.3 Å². The number of nitrogens with zero attached hydrogens (tertiary/aromatic N) is 3. The molecule has 0 aliphatic rings. The number of hydrogen-bond donors (Lipinski definition) is 1. The molecule has 6 nitrogen and oxygen atoms in total. The van der Waals surface area contributed by atoms with Gasteiger partial charge in [-0.3, -0.25) is 4.72 Å². The Hall–Kier alpha value is -2.53. The van der Waals surface area contributed by atoms with Gasteiger partial charge in [-0.1, -0.05) is 0 Å². The molecule has 2 aromatic rings. The first-order chi connectivity index (χ1) is 9.01. The maximum atomic E-state index is 12.6. The predicted molar refractivity (Wildman–Crippen MR) is 64.0 cm³/mol. The van der Waals surface area contributed by atoms with Gasteiger partial charge in [-0.2, -0.15) is 9.65 Å². The minimum atomic E-state index is -3.84. The van der Waals surface area contributed by atoms with Crippen LogP contribution in [0.4, 0.5) is 10.1 Å². The molecule has 2 heterocycles. The first-order valence-corrected chi connectivity index (χ1v) is 6.50. The van der Waals surface area contributed by atoms with Crippen LogP contribution in [0.1, 0.15) is 5.69 Å². The minimum absolute atomic E-state index is 0.101. The maximum absolute atomic E-state index is 12.6. The molecule has 0 amide bonds. The lowest BCUT2D eigenvalue weighted by atomic mass is 10.4. The van der Waals surface area contributed by atoms with Crippen molar-refractivity contribution in [3.8, 4) is 6.07 Å². The summed E-state index contributed by atoms with van der Waals surface area (Å²) < 4.78 is 38.7. The number of anilines is 1. The maximum Gasteiger partial charge on any atom is 0.263 e. The number of sulfonamides is 1. The van der Waals surface area contributed by atoms with E-state index in [0.717, 1.165) is 18.5 Å². The largest absolute Gasteiger partial charge is 0.278 e. The third-order valence-electron chi connectivity index (χ3n) is 2.14. The average molecular weight is 278 g/mol. The number of pyridine rings is 2. The molecule has 1 N–H and O–H groups in total. The molecule has 0 aliphatic heterocycles. The molecule has 0 fully saturated rings. The van der Waals surface area contributed by atoms with Gasteiger partial charge >= 0.3 is 0 Å². The third kappa shape index (κ3) is 3.02. The molecule has 8 heteroatoms. The van der Waals surface area contributed by atoms with E-state index >= 15 is 0 Å². The Morgan fingerprint density at radius 2 is 1.95 bits per heavy atom. The normalized spacial score (nSPS) is 10.7. The standard InChI is InChI=1S/C11H7FN4O2S/c12-11-4-2-9(6-15-11)16-19(17,18)10-3-1-8(5-13)14-7-10/h1-4,6-7,16H. The summed E-state index contributed by atoms with van der Waals surface area (Å²) in [5, 5.41) is 8.57. The summed E-state index contributed by atoms with van der Waals surface area (Å²) in [5.74, 6) is -0.706. The second-order valence-corrected chi connectivity index (χ2v) is 5.15. The summed E-state index contributed by atoms with van der Waals surface area (Å²) in [4.78, 5) is 6.89. The summed E-state index contributed by atoms with van der Waals surface area (Å²) in [7, 11) is -3.84. The molecule has 19 heavy (non-hydrogen) atoms. The molecule has 0 aliphatic carbocycles. The molecule has 0 bridgehead atoms. The average Bonchev–Trinajstić information content (AvgIpc) is 2.41. The third-order valence-corrected chi connectivity index (χ3v) is 3.51. The van der Waals surface area contributed by atoms with E-state index in [1.54, 1.807) is 6.07 Å². The number of aromatic nitrogens is 2. The van der Waals surface area contributed by atoms with Gasteiger partial charge in [0.15, 0.2) is 0 Å². The van der Waals surface area contributed by atoms with Crippen LogP contribution in [0.5, 0.6) is 0 Å². The van der Waals surface area contributed by atoms with E-state index < -0.39 is 16.0 Å². The van der Waals surface area contributed by atoms with E-state index in [1.807, 2.05) is 0 Å². The Bertz CT molecular complexity index is 721. The van der Waals surface area contributed by atoms with Crippen molar-refractivity contribution < 1.29 is 12.8 Å². The van der Waals surface area contributed by atoms with Gasteiger partial charge in [0.05, 0.1) is 11.9 Å². The zero-order valence-electron chi connectivity index (χ0n) is 9.41. The minimum Gasteiger partial charge on any atom is -0.278 e. The Kier molecular flexibility index (Phi) is 3.39. The number of nitrogens with one attached hydrogen (secondary N) is 1. The van der Waals surface area contributed by atoms with Crippen molar-refractivity contribution in [2.75, 3.05) is 4.72 Å². The fourth-order valence-corrected chi connectivity index (χ4v) is 2.24. The van der Waals surface area contributed by atoms with Crippen molar-refractivity contribution in [3.63, 3.8) is 0 Å². The molecular formula is C11H7FN4O2S. The van der Waals surface area contributed by atoms with Crippen LogP contribution in [0.25, 0.3) is 0 Å². The summed E-state index contributed by atoms with van der Waals surface area (Å²) >= 11 is 0. The van der Waals surface area contributed by atoms with Gasteiger partial charge < -0.3 is 0 Å². The number of halogens is 1. The van der Waals surface area contributed by atoms with Crippen LogP contribution in [0.2, 0.25) is 0 Å². The van der Waals surface area contributed by atoms with E-state index in [-0.39, 0.29) is 16.3 Å². The number of hydrogen-bond acceptors (Lipinski definition) is 5. The zero-order valence-corrected chi connectivity index (χ0v) is 10.2. The van der Waals surface area contributed by atoms with Crippen LogP contribution in [0, 0.1) is 17.3 Å². The molecule has 0 aromatic carbocycles. The quantitative estimate of drug-likeness (QED) is 0.853. The fraction of sp³-hybridized carbons (Fsp3) is 0. The fourth-order valence-electron chi connectivity index (χ4n) is 1.26. The Labute approximate surface area is 108 Å². The van der Waals surface area contributed by atoms with Crippen LogP contribution >= 0.6 is 0 Å². The highest BCUT2D eigenvalue weighted by atomic mass is 32.2. The highest BCUT2D eigenvalue weighted by molar-refractivity contribution is 7.92. The number of rotatable bonds is 3. The molecule has 0 unspecified atom stereocenters. The number of nitriles is 1. The zero-order chi connectivity index (χ0) is 13.9. The van der Waals surface area contributed by atoms with E-state index in [2.05, 4.69) is 14.7 Å². The van der Waals surface area contributed by atoms with E-state index in [9.17, 15) is 12.8 Å². The van der Waals surface area contributed by atoms with E-state index in [1.165, 1.54) is 18.2 Å². The van der Waals surface area contributed by atoms with Gasteiger partial charge in [0.2, 0.25) is 5.95 Å². The molecule has 2 rings (SSSR count). The lowest BCUT2D eigenvalue weighted by molar-refractivity contribution is 0.583. The second-order valence-electron chi connectivity index (χ2n) is 3.47. The lowest BCUT2D eigenvalue weighted by Crippen LogP contribution is -2.13. The van der Waals surface area contributed by atoms with E-state index in [4.69, 9.17) is 5.26 Å². The summed E-state index contributed by atoms with van der Waals surface area (Å²) in [5.41, 5.74) is 0.244. The molecular weight excluding hydrogens is 271 g/mol. The topological polar surface area (TPSA) is 95.7 Å². The molecule has 0 radical (unpaired) electrons. The van der Waals surface area contributed by atoms with Crippen LogP contribution < -0.4 is 4.72 Å². The van der Waals surface area contributed by atoms with Gasteiger partial charge in [0.1, 0.15) is 16.7 Å². The van der Waals surface area contributed by atoms with Crippen LogP contribution in [0.15, 0.2) is 41.6 Å². The summed E-state index contributed by atoms with van der Waals surface area (Å²) in [6.45, 7) is 0. The van der Waals surface area contributed by atoms with Gasteiger partial charge in [-0.15, -0.1) is 0 Å². The van der Waals surface area contributed by atoms with Gasteiger partial charge in [0.25, 0.3) is 10.0 Å². The Balaban J connectivity index is 2.27. The monoisotopic (exact) mass is 278 g/mol. The van der Waals surface area contributed by atoms with Crippen molar-refractivity contribution in [1.82, 2.24) is 9.97 Å². The summed E-state index contributed by atoms with van der Waals surface area (Å²) in [6.07, 6.45) is 2.13. The SMILES string of the molecule is N#Cc1ccc(S(=O)(=O)Nc2ccc(F)nc2)cn1. The smallest absolute Gasteiger partial charge is 0.263 e. The van der Waals surface area contributed by atoms with Crippen LogP contribution in [0.3, 0.4) is 0 Å². The van der Waals surface area contributed by atoms with Crippen LogP contribution in [-0.2, 0) is 10.0 Å². The first kappa shape index (κ1) is 12.9. The van der Waals surface area contributed by atoms with Crippen molar-refractivity contribution in [1.29, 1.82) is 5.26 Å². The Morgan fingerprint density at radius 1 is 1.16 bits per heavy atom. The Morgan fingerprint density at radius 3 is 2.47 bits per heavy atom. The highest BCUT2D eigenvalue weighted by Gasteiger charge is 2.14. The van der Waals surface area contributed by atoms with Gasteiger partial charge in [0, 0.05) is 6.20 Å². The van der Waals surface area contributed by atoms with Gasteiger partial charge in [-0.05, 0) is 24.3 Å². The molecule has 0 spiro atoms. The molecule has 0 saturated heterocycles. The highest BCUT2D eigenvalue weighted by Crippen LogP contribution is 2.14. The molecule has 0 saturated carbocycles. The van der Waals surface area contributed by atoms with Gasteiger partial charge in [-0.25, -0.2) is 18.4 Å².